The molecule has 8 heteroatoms. The van der Waals surface area contributed by atoms with Gasteiger partial charge in [-0.3, -0.25) is 14.9 Å². The quantitative estimate of drug-likeness (QED) is 0.274. The first-order valence-electron chi connectivity index (χ1n) is 8.89. The second-order valence-corrected chi connectivity index (χ2v) is 6.27. The number of nitrogens with zero attached hydrogens (tertiary/aromatic N) is 3. The van der Waals surface area contributed by atoms with Crippen LogP contribution in [0, 0.1) is 16.0 Å². The SMILES string of the molecule is CCCNC(=NCc1ccc([N+](=O)[O-])cc1)N1CCC(C(=O)OC)CC1. The number of nitro groups is 1. The molecule has 0 amide bonds. The number of non-ortho nitro benzene ring substituents is 1. The predicted octanol–water partition coefficient (Wildman–Crippen LogP) is 2.34. The molecule has 0 bridgehead atoms. The first-order chi connectivity index (χ1) is 12.5. The number of esters is 1. The third kappa shape index (κ3) is 5.44. The van der Waals surface area contributed by atoms with E-state index in [-0.39, 0.29) is 17.6 Å². The molecule has 1 aliphatic heterocycles. The van der Waals surface area contributed by atoms with Gasteiger partial charge in [-0.25, -0.2) is 4.99 Å². The van der Waals surface area contributed by atoms with Crippen molar-refractivity contribution >= 4 is 17.6 Å². The van der Waals surface area contributed by atoms with Crippen molar-refractivity contribution in [2.45, 2.75) is 32.7 Å². The van der Waals surface area contributed by atoms with Gasteiger partial charge in [0.05, 0.1) is 24.5 Å². The fraction of sp³-hybridized carbons (Fsp3) is 0.556. The van der Waals surface area contributed by atoms with E-state index in [0.29, 0.717) is 6.54 Å². The van der Waals surface area contributed by atoms with Gasteiger partial charge in [-0.05, 0) is 24.8 Å². The molecule has 142 valence electrons. The average Bonchev–Trinajstić information content (AvgIpc) is 2.68. The van der Waals surface area contributed by atoms with Crippen LogP contribution in [0.2, 0.25) is 0 Å². The molecule has 8 nitrogen and oxygen atoms in total. The standard InChI is InChI=1S/C18H26N4O4/c1-3-10-19-18(21-11-8-15(9-12-21)17(23)26-2)20-13-14-4-6-16(7-5-14)22(24)25/h4-7,15H,3,8-13H2,1-2H3,(H,19,20). The number of rotatable bonds is 6. The fourth-order valence-corrected chi connectivity index (χ4v) is 2.89. The van der Waals surface area contributed by atoms with E-state index in [1.807, 2.05) is 0 Å². The van der Waals surface area contributed by atoms with Crippen molar-refractivity contribution in [1.82, 2.24) is 10.2 Å². The van der Waals surface area contributed by atoms with E-state index >= 15 is 0 Å². The lowest BCUT2D eigenvalue weighted by molar-refractivity contribution is -0.384. The Morgan fingerprint density at radius 1 is 1.35 bits per heavy atom. The smallest absolute Gasteiger partial charge is 0.308 e. The number of guanidine groups is 1. The summed E-state index contributed by atoms with van der Waals surface area (Å²) in [7, 11) is 1.43. The summed E-state index contributed by atoms with van der Waals surface area (Å²) in [6.45, 7) is 4.84. The zero-order valence-corrected chi connectivity index (χ0v) is 15.3. The largest absolute Gasteiger partial charge is 0.469 e. The van der Waals surface area contributed by atoms with Crippen LogP contribution in [0.25, 0.3) is 0 Å². The number of benzene rings is 1. The molecule has 1 fully saturated rings. The number of methoxy groups -OCH3 is 1. The lowest BCUT2D eigenvalue weighted by Crippen LogP contribution is -2.46. The Morgan fingerprint density at radius 3 is 2.54 bits per heavy atom. The molecule has 0 aliphatic carbocycles. The van der Waals surface area contributed by atoms with Crippen LogP contribution in [-0.4, -0.2) is 48.5 Å². The van der Waals surface area contributed by atoms with Crippen LogP contribution in [0.15, 0.2) is 29.3 Å². The van der Waals surface area contributed by atoms with E-state index in [2.05, 4.69) is 22.1 Å². The molecule has 0 atom stereocenters. The van der Waals surface area contributed by atoms with Crippen molar-refractivity contribution in [3.05, 3.63) is 39.9 Å². The van der Waals surface area contributed by atoms with Crippen molar-refractivity contribution in [2.24, 2.45) is 10.9 Å². The second-order valence-electron chi connectivity index (χ2n) is 6.27. The van der Waals surface area contributed by atoms with Crippen LogP contribution in [0.3, 0.4) is 0 Å². The summed E-state index contributed by atoms with van der Waals surface area (Å²) in [5.41, 5.74) is 0.989. The molecular formula is C18H26N4O4. The number of nitrogens with one attached hydrogen (secondary N) is 1. The zero-order valence-electron chi connectivity index (χ0n) is 15.3. The predicted molar refractivity (Wildman–Crippen MR) is 98.8 cm³/mol. The van der Waals surface area contributed by atoms with Crippen molar-refractivity contribution < 1.29 is 14.5 Å². The summed E-state index contributed by atoms with van der Waals surface area (Å²) >= 11 is 0. The highest BCUT2D eigenvalue weighted by molar-refractivity contribution is 5.80. The topological polar surface area (TPSA) is 97.1 Å². The highest BCUT2D eigenvalue weighted by Crippen LogP contribution is 2.19. The van der Waals surface area contributed by atoms with Gasteiger partial charge >= 0.3 is 5.97 Å². The maximum atomic E-state index is 11.7. The van der Waals surface area contributed by atoms with Gasteiger partial charge in [0.2, 0.25) is 0 Å². The normalized spacial score (nSPS) is 15.6. The molecule has 0 spiro atoms. The lowest BCUT2D eigenvalue weighted by Gasteiger charge is -2.33. The van der Waals surface area contributed by atoms with Gasteiger partial charge in [0.15, 0.2) is 5.96 Å². The van der Waals surface area contributed by atoms with E-state index in [1.165, 1.54) is 19.2 Å². The molecule has 1 aliphatic rings. The van der Waals surface area contributed by atoms with Crippen molar-refractivity contribution in [1.29, 1.82) is 0 Å². The minimum atomic E-state index is -0.410. The fourth-order valence-electron chi connectivity index (χ4n) is 2.89. The van der Waals surface area contributed by atoms with Gasteiger partial charge in [-0.1, -0.05) is 19.1 Å². The molecule has 1 saturated heterocycles. The molecule has 26 heavy (non-hydrogen) atoms. The third-order valence-electron chi connectivity index (χ3n) is 4.42. The number of ether oxygens (including phenoxy) is 1. The number of carbonyl (C=O) groups excluding carboxylic acids is 1. The highest BCUT2D eigenvalue weighted by Gasteiger charge is 2.26. The second kappa shape index (κ2) is 9.74. The van der Waals surface area contributed by atoms with E-state index in [9.17, 15) is 14.9 Å². The summed E-state index contributed by atoms with van der Waals surface area (Å²) in [6.07, 6.45) is 2.48. The van der Waals surface area contributed by atoms with Gasteiger partial charge < -0.3 is 15.0 Å². The number of nitro benzene ring substituents is 1. The lowest BCUT2D eigenvalue weighted by atomic mass is 9.97. The molecule has 1 aromatic carbocycles. The Bertz CT molecular complexity index is 637. The Balaban J connectivity index is 2.01. The Morgan fingerprint density at radius 2 is 2.00 bits per heavy atom. The van der Waals surface area contributed by atoms with Crippen LogP contribution in [0.5, 0.6) is 0 Å². The third-order valence-corrected chi connectivity index (χ3v) is 4.42. The van der Waals surface area contributed by atoms with E-state index in [0.717, 1.165) is 50.4 Å². The average molecular weight is 362 g/mol. The number of aliphatic imine (C=N–C) groups is 1. The maximum absolute atomic E-state index is 11.7. The molecule has 0 aromatic heterocycles. The van der Waals surface area contributed by atoms with Crippen LogP contribution in [-0.2, 0) is 16.1 Å². The monoisotopic (exact) mass is 362 g/mol. The molecular weight excluding hydrogens is 336 g/mol. The summed E-state index contributed by atoms with van der Waals surface area (Å²) in [4.78, 5) is 28.8. The van der Waals surface area contributed by atoms with Gasteiger partial charge in [0.25, 0.3) is 5.69 Å². The first-order valence-corrected chi connectivity index (χ1v) is 8.89. The van der Waals surface area contributed by atoms with E-state index < -0.39 is 4.92 Å². The van der Waals surface area contributed by atoms with Crippen molar-refractivity contribution in [3.8, 4) is 0 Å². The summed E-state index contributed by atoms with van der Waals surface area (Å²) in [5, 5.41) is 14.1. The van der Waals surface area contributed by atoms with Crippen molar-refractivity contribution in [3.63, 3.8) is 0 Å². The van der Waals surface area contributed by atoms with Gasteiger partial charge in [-0.15, -0.1) is 0 Å². The van der Waals surface area contributed by atoms with Crippen molar-refractivity contribution in [2.75, 3.05) is 26.7 Å². The maximum Gasteiger partial charge on any atom is 0.308 e. The molecule has 1 aromatic rings. The highest BCUT2D eigenvalue weighted by atomic mass is 16.6. The van der Waals surface area contributed by atoms with Gasteiger partial charge in [-0.2, -0.15) is 0 Å². The summed E-state index contributed by atoms with van der Waals surface area (Å²) in [5.74, 6) is 0.627. The molecule has 2 rings (SSSR count). The Hall–Kier alpha value is -2.64. The van der Waals surface area contributed by atoms with Crippen LogP contribution in [0.4, 0.5) is 5.69 Å². The number of hydrogen-bond donors (Lipinski definition) is 1. The van der Waals surface area contributed by atoms with Gasteiger partial charge in [0.1, 0.15) is 0 Å². The Kier molecular flexibility index (Phi) is 7.37. The van der Waals surface area contributed by atoms with Crippen LogP contribution < -0.4 is 5.32 Å². The number of carbonyl (C=O) groups is 1. The first kappa shape index (κ1) is 19.7. The number of hydrogen-bond acceptors (Lipinski definition) is 5. The summed E-state index contributed by atoms with van der Waals surface area (Å²) < 4.78 is 4.83. The number of piperidine rings is 1. The minimum Gasteiger partial charge on any atom is -0.469 e. The minimum absolute atomic E-state index is 0.0432. The van der Waals surface area contributed by atoms with E-state index in [4.69, 9.17) is 4.74 Å². The molecule has 0 unspecified atom stereocenters. The summed E-state index contributed by atoms with van der Waals surface area (Å²) in [6, 6.07) is 6.43. The van der Waals surface area contributed by atoms with Gasteiger partial charge in [0, 0.05) is 31.8 Å². The van der Waals surface area contributed by atoms with Crippen LogP contribution in [0.1, 0.15) is 31.7 Å². The molecule has 0 radical (unpaired) electrons. The molecule has 1 N–H and O–H groups in total. The molecule has 1 heterocycles. The Labute approximate surface area is 153 Å². The number of likely N-dealkylation sites (tertiary alicyclic amines) is 1. The molecule has 0 saturated carbocycles. The zero-order chi connectivity index (χ0) is 18.9. The van der Waals surface area contributed by atoms with E-state index in [1.54, 1.807) is 12.1 Å². The van der Waals surface area contributed by atoms with Crippen LogP contribution >= 0.6 is 0 Å².